The summed E-state index contributed by atoms with van der Waals surface area (Å²) in [5, 5.41) is 19.4. The fourth-order valence-corrected chi connectivity index (χ4v) is 4.89. The normalized spacial score (nSPS) is 13.6. The van der Waals surface area contributed by atoms with Gasteiger partial charge in [0, 0.05) is 13.1 Å². The largest absolute Gasteiger partial charge is 0.537 e. The van der Waals surface area contributed by atoms with E-state index in [0.29, 0.717) is 0 Å². The molecule has 0 bridgehead atoms. The predicted octanol–water partition coefficient (Wildman–Crippen LogP) is 5.05. The van der Waals surface area contributed by atoms with Crippen LogP contribution in [0, 0.1) is 5.39 Å². The van der Waals surface area contributed by atoms with Gasteiger partial charge in [-0.05, 0) is 51.0 Å². The smallest absolute Gasteiger partial charge is 0.488 e. The molecule has 34 heavy (non-hydrogen) atoms. The Labute approximate surface area is 204 Å². The van der Waals surface area contributed by atoms with E-state index in [4.69, 9.17) is 9.16 Å². The summed E-state index contributed by atoms with van der Waals surface area (Å²) >= 11 is 0. The summed E-state index contributed by atoms with van der Waals surface area (Å²) < 4.78 is 37.4. The van der Waals surface area contributed by atoms with E-state index >= 15 is 0 Å². The Balaban J connectivity index is 3.25. The van der Waals surface area contributed by atoms with Crippen molar-refractivity contribution in [2.45, 2.75) is 76.6 Å². The van der Waals surface area contributed by atoms with Crippen LogP contribution in [0.2, 0.25) is 18.1 Å². The Morgan fingerprint density at radius 3 is 2.12 bits per heavy atom. The van der Waals surface area contributed by atoms with Crippen molar-refractivity contribution in [1.82, 2.24) is 4.90 Å². The first-order valence-corrected chi connectivity index (χ1v) is 15.5. The predicted molar refractivity (Wildman–Crippen MR) is 134 cm³/mol. The lowest BCUT2D eigenvalue weighted by Crippen LogP contribution is -2.43. The van der Waals surface area contributed by atoms with Gasteiger partial charge in [0.15, 0.2) is 13.3 Å². The Bertz CT molecular complexity index is 1020. The topological polar surface area (TPSA) is 121 Å². The third-order valence-corrected chi connectivity index (χ3v) is 11.7. The van der Waals surface area contributed by atoms with Crippen molar-refractivity contribution in [2.75, 3.05) is 19.7 Å². The molecule has 0 atom stereocenters. The van der Waals surface area contributed by atoms with Crippen LogP contribution in [0.5, 0.6) is 0 Å². The van der Waals surface area contributed by atoms with Gasteiger partial charge in [-0.2, -0.15) is 0 Å². The lowest BCUT2D eigenvalue weighted by Gasteiger charge is -2.36. The van der Waals surface area contributed by atoms with E-state index in [9.17, 15) is 23.7 Å². The van der Waals surface area contributed by atoms with Crippen LogP contribution >= 0.6 is 0 Å². The molecule has 0 fully saturated rings. The Hall–Kier alpha value is -2.42. The Morgan fingerprint density at radius 2 is 1.65 bits per heavy atom. The number of carbonyl (C=O) groups excluding carboxylic acids is 1. The summed E-state index contributed by atoms with van der Waals surface area (Å²) in [5.41, 5.74) is -0.687. The molecule has 1 rings (SSSR count). The number of esters is 1. The van der Waals surface area contributed by atoms with Gasteiger partial charge in [0.25, 0.3) is 15.7 Å². The van der Waals surface area contributed by atoms with Crippen LogP contribution in [0.25, 0.3) is 4.98 Å². The van der Waals surface area contributed by atoms with E-state index in [-0.39, 0.29) is 36.1 Å². The van der Waals surface area contributed by atoms with Crippen molar-refractivity contribution in [3.8, 4) is 0 Å². The molecule has 190 valence electrons. The average molecular weight is 513 g/mol. The van der Waals surface area contributed by atoms with Crippen LogP contribution in [0.3, 0.4) is 0 Å². The molecule has 1 aromatic carbocycles. The van der Waals surface area contributed by atoms with Crippen LogP contribution in [0.15, 0.2) is 46.1 Å². The first-order chi connectivity index (χ1) is 15.4. The van der Waals surface area contributed by atoms with Gasteiger partial charge in [0.05, 0.1) is 17.9 Å². The molecule has 0 unspecified atom stereocenters. The monoisotopic (exact) mass is 512 g/mol. The maximum atomic E-state index is 13.0. The van der Waals surface area contributed by atoms with Gasteiger partial charge in [0.2, 0.25) is 5.39 Å². The molecule has 0 amide bonds. The quantitative estimate of drug-likeness (QED) is 0.200. The second-order valence-corrected chi connectivity index (χ2v) is 17.2. The number of aliphatic hydroxyl groups is 1. The molecule has 1 aromatic rings. The molecule has 0 aliphatic heterocycles. The Kier molecular flexibility index (Phi) is 9.87. The van der Waals surface area contributed by atoms with Crippen molar-refractivity contribution in [3.63, 3.8) is 0 Å². The summed E-state index contributed by atoms with van der Waals surface area (Å²) in [6, 6.07) is 7.35. The molecule has 0 saturated carbocycles. The fraction of sp³-hybridized carbons (Fsp3) is 0.609. The molecule has 0 aliphatic rings. The first kappa shape index (κ1) is 29.6. The summed E-state index contributed by atoms with van der Waals surface area (Å²) in [7, 11) is -6.43. The van der Waals surface area contributed by atoms with Crippen molar-refractivity contribution >= 4 is 24.1 Å². The highest BCUT2D eigenvalue weighted by Crippen LogP contribution is 2.36. The minimum Gasteiger partial charge on any atom is -0.488 e. The highest BCUT2D eigenvalue weighted by atomic mass is 32.2. The van der Waals surface area contributed by atoms with Crippen molar-refractivity contribution in [2.24, 2.45) is 0 Å². The Morgan fingerprint density at radius 1 is 1.09 bits per heavy atom. The number of aliphatic hydroxyl groups excluding tert-OH is 1. The summed E-state index contributed by atoms with van der Waals surface area (Å²) in [5.74, 6) is -1.28. The van der Waals surface area contributed by atoms with Crippen LogP contribution in [0.4, 0.5) is 0 Å². The zero-order chi connectivity index (χ0) is 26.4. The number of benzene rings is 1. The maximum Gasteiger partial charge on any atom is 0.537 e. The van der Waals surface area contributed by atoms with Crippen LogP contribution in [-0.4, -0.2) is 58.0 Å². The van der Waals surface area contributed by atoms with Crippen molar-refractivity contribution in [1.29, 1.82) is 5.39 Å². The van der Waals surface area contributed by atoms with Crippen LogP contribution in [-0.2, 0) is 23.8 Å². The number of hydrogen-bond acceptors (Lipinski definition) is 8. The molecule has 0 heterocycles. The lowest BCUT2D eigenvalue weighted by molar-refractivity contribution is -0.155. The number of nitrogens with zero attached hydrogens (tertiary/aromatic N) is 3. The number of diazo groups is 1. The molecule has 11 heteroatoms. The van der Waals surface area contributed by atoms with E-state index in [1.165, 1.54) is 29.2 Å². The van der Waals surface area contributed by atoms with Gasteiger partial charge in [0.1, 0.15) is 5.60 Å². The van der Waals surface area contributed by atoms with Crippen LogP contribution in [0.1, 0.15) is 48.0 Å². The third-order valence-electron chi connectivity index (χ3n) is 5.53. The highest BCUT2D eigenvalue weighted by molar-refractivity contribution is 7.95. The average Bonchev–Trinajstić information content (AvgIpc) is 2.69. The molecule has 0 aromatic heterocycles. The second-order valence-electron chi connectivity index (χ2n) is 10.5. The molecular formula is C23H38N3O6SSi+. The minimum atomic E-state index is -4.32. The van der Waals surface area contributed by atoms with E-state index in [0.717, 1.165) is 0 Å². The molecule has 1 N–H and O–H groups in total. The van der Waals surface area contributed by atoms with E-state index in [2.05, 4.69) is 38.8 Å². The second kappa shape index (κ2) is 11.3. The van der Waals surface area contributed by atoms with E-state index in [1.54, 1.807) is 26.8 Å². The fourth-order valence-electron chi connectivity index (χ4n) is 2.64. The number of carbonyl (C=O) groups is 1. The number of rotatable bonds is 10. The number of hydrogen-bond donors (Lipinski definition) is 1. The zero-order valence-electron chi connectivity index (χ0n) is 21.5. The third kappa shape index (κ3) is 8.41. The number of sulfone groups is 1. The molecule has 9 nitrogen and oxygen atoms in total. The summed E-state index contributed by atoms with van der Waals surface area (Å²) in [4.78, 5) is 16.3. The molecule has 0 aliphatic carbocycles. The first-order valence-electron chi connectivity index (χ1n) is 11.1. The SMILES string of the molecule is CC(C)(C)OC(=O)CCN(CCO[Si](C)(C)C(C)(C)C)/C(O)=C(\[N+]#N)S(=O)(=O)c1ccccc1. The van der Waals surface area contributed by atoms with Gasteiger partial charge in [-0.25, -0.2) is 8.42 Å². The highest BCUT2D eigenvalue weighted by Gasteiger charge is 2.41. The van der Waals surface area contributed by atoms with Gasteiger partial charge in [-0.3, -0.25) is 4.79 Å². The molecule has 0 saturated heterocycles. The summed E-state index contributed by atoms with van der Waals surface area (Å²) in [6.07, 6.45) is -0.120. The van der Waals surface area contributed by atoms with Crippen LogP contribution < -0.4 is 0 Å². The van der Waals surface area contributed by atoms with Crippen molar-refractivity contribution < 1.29 is 27.5 Å². The van der Waals surface area contributed by atoms with Crippen molar-refractivity contribution in [3.05, 3.63) is 46.2 Å². The standard InChI is InChI=1S/C23H37N3O6SSi/c1-22(2,3)32-19(27)14-15-26(16-17-31-34(7,8)23(4,5)6)21(28)20(25-24)33(29,30)18-12-10-9-11-13-18/h9-13H,14-17H2,1-8H3/p+1/b21-20-. The zero-order valence-corrected chi connectivity index (χ0v) is 23.3. The minimum absolute atomic E-state index is 0.0472. The number of ether oxygens (including phenoxy) is 1. The molecule has 0 radical (unpaired) electrons. The molecular weight excluding hydrogens is 474 g/mol. The van der Waals surface area contributed by atoms with E-state index in [1.807, 2.05) is 0 Å². The van der Waals surface area contributed by atoms with Gasteiger partial charge >= 0.3 is 11.0 Å². The van der Waals surface area contributed by atoms with Gasteiger partial charge in [-0.15, -0.1) is 0 Å². The molecule has 0 spiro atoms. The van der Waals surface area contributed by atoms with E-state index < -0.39 is 40.6 Å². The summed E-state index contributed by atoms with van der Waals surface area (Å²) in [6.45, 7) is 15.8. The van der Waals surface area contributed by atoms with Gasteiger partial charge in [-0.1, -0.05) is 39.0 Å². The maximum absolute atomic E-state index is 13.0. The lowest BCUT2D eigenvalue weighted by atomic mass is 10.2. The van der Waals surface area contributed by atoms with Gasteiger partial charge < -0.3 is 19.2 Å².